The average molecular weight is 407 g/mol. The fourth-order valence-corrected chi connectivity index (χ4v) is 5.29. The van der Waals surface area contributed by atoms with Gasteiger partial charge in [-0.2, -0.15) is 0 Å². The number of carbonyl (C=O) groups excluding carboxylic acids is 1. The van der Waals surface area contributed by atoms with Crippen molar-refractivity contribution in [3.8, 4) is 0 Å². The van der Waals surface area contributed by atoms with E-state index in [2.05, 4.69) is 10.0 Å². The Kier molecular flexibility index (Phi) is 5.75. The Morgan fingerprint density at radius 1 is 1.04 bits per heavy atom. The lowest BCUT2D eigenvalue weighted by Gasteiger charge is -2.13. The number of hydrogen-bond acceptors (Lipinski definition) is 5. The van der Waals surface area contributed by atoms with Gasteiger partial charge >= 0.3 is 0 Å². The van der Waals surface area contributed by atoms with E-state index in [1.807, 2.05) is 24.4 Å². The number of anilines is 1. The SMILES string of the molecule is CC(Cc1cccs1)NC(=O)c1ccc(NS(=O)(=O)c2cccs2)cc1. The number of carbonyl (C=O) groups is 1. The lowest BCUT2D eigenvalue weighted by atomic mass is 10.1. The van der Waals surface area contributed by atoms with Crippen LogP contribution in [0, 0.1) is 0 Å². The minimum atomic E-state index is -3.58. The number of sulfonamides is 1. The number of hydrogen-bond donors (Lipinski definition) is 2. The van der Waals surface area contributed by atoms with Crippen molar-refractivity contribution in [1.29, 1.82) is 0 Å². The van der Waals surface area contributed by atoms with Crippen LogP contribution in [-0.4, -0.2) is 20.4 Å². The van der Waals surface area contributed by atoms with E-state index in [4.69, 9.17) is 0 Å². The van der Waals surface area contributed by atoms with Gasteiger partial charge in [0.05, 0.1) is 0 Å². The quantitative estimate of drug-likeness (QED) is 0.623. The van der Waals surface area contributed by atoms with Gasteiger partial charge in [0.1, 0.15) is 4.21 Å². The monoisotopic (exact) mass is 406 g/mol. The zero-order valence-corrected chi connectivity index (χ0v) is 16.5. The Hall–Kier alpha value is -2.16. The third kappa shape index (κ3) is 4.72. The first-order valence-corrected chi connectivity index (χ1v) is 11.2. The molecular formula is C18H18N2O3S3. The molecule has 2 heterocycles. The van der Waals surface area contributed by atoms with E-state index in [-0.39, 0.29) is 16.2 Å². The van der Waals surface area contributed by atoms with Gasteiger partial charge in [0.2, 0.25) is 0 Å². The molecule has 3 aromatic rings. The van der Waals surface area contributed by atoms with E-state index in [1.165, 1.54) is 4.88 Å². The second kappa shape index (κ2) is 8.03. The molecule has 0 saturated heterocycles. The highest BCUT2D eigenvalue weighted by molar-refractivity contribution is 7.94. The van der Waals surface area contributed by atoms with Crippen LogP contribution in [0.2, 0.25) is 0 Å². The first-order valence-electron chi connectivity index (χ1n) is 7.94. The number of rotatable bonds is 7. The van der Waals surface area contributed by atoms with E-state index in [0.717, 1.165) is 17.8 Å². The number of nitrogens with one attached hydrogen (secondary N) is 2. The van der Waals surface area contributed by atoms with Crippen molar-refractivity contribution in [3.63, 3.8) is 0 Å². The van der Waals surface area contributed by atoms with E-state index in [1.54, 1.807) is 53.1 Å². The van der Waals surface area contributed by atoms with Gasteiger partial charge in [0.25, 0.3) is 15.9 Å². The van der Waals surface area contributed by atoms with Gasteiger partial charge in [0, 0.05) is 28.6 Å². The van der Waals surface area contributed by atoms with Crippen molar-refractivity contribution in [2.24, 2.45) is 0 Å². The molecule has 2 N–H and O–H groups in total. The van der Waals surface area contributed by atoms with E-state index < -0.39 is 10.0 Å². The van der Waals surface area contributed by atoms with Crippen molar-refractivity contribution in [2.45, 2.75) is 23.6 Å². The average Bonchev–Trinajstić information content (AvgIpc) is 3.29. The summed E-state index contributed by atoms with van der Waals surface area (Å²) >= 11 is 2.82. The van der Waals surface area contributed by atoms with E-state index >= 15 is 0 Å². The van der Waals surface area contributed by atoms with Crippen LogP contribution in [0.3, 0.4) is 0 Å². The van der Waals surface area contributed by atoms with Crippen molar-refractivity contribution < 1.29 is 13.2 Å². The summed E-state index contributed by atoms with van der Waals surface area (Å²) in [6.07, 6.45) is 0.780. The summed E-state index contributed by atoms with van der Waals surface area (Å²) < 4.78 is 27.2. The molecule has 0 aliphatic heterocycles. The highest BCUT2D eigenvalue weighted by Crippen LogP contribution is 2.20. The lowest BCUT2D eigenvalue weighted by molar-refractivity contribution is 0.0940. The normalized spacial score (nSPS) is 12.5. The minimum Gasteiger partial charge on any atom is -0.349 e. The summed E-state index contributed by atoms with van der Waals surface area (Å²) in [5.41, 5.74) is 0.906. The topological polar surface area (TPSA) is 75.3 Å². The molecule has 0 radical (unpaired) electrons. The Morgan fingerprint density at radius 3 is 2.35 bits per heavy atom. The Balaban J connectivity index is 1.61. The molecule has 136 valence electrons. The molecule has 1 atom stereocenters. The molecule has 3 rings (SSSR count). The van der Waals surface area contributed by atoms with Crippen molar-refractivity contribution >= 4 is 44.3 Å². The van der Waals surface area contributed by atoms with Gasteiger partial charge in [0.15, 0.2) is 0 Å². The van der Waals surface area contributed by atoms with E-state index in [9.17, 15) is 13.2 Å². The van der Waals surface area contributed by atoms with Crippen molar-refractivity contribution in [1.82, 2.24) is 5.32 Å². The van der Waals surface area contributed by atoms with Gasteiger partial charge in [-0.3, -0.25) is 9.52 Å². The van der Waals surface area contributed by atoms with Crippen LogP contribution in [0.1, 0.15) is 22.2 Å². The number of thiophene rings is 2. The maximum atomic E-state index is 12.3. The maximum absolute atomic E-state index is 12.3. The molecular weight excluding hydrogens is 388 g/mol. The predicted molar refractivity (Wildman–Crippen MR) is 107 cm³/mol. The van der Waals surface area contributed by atoms with Crippen LogP contribution in [-0.2, 0) is 16.4 Å². The first-order chi connectivity index (χ1) is 12.4. The number of amides is 1. The van der Waals surface area contributed by atoms with Crippen molar-refractivity contribution in [3.05, 3.63) is 69.7 Å². The minimum absolute atomic E-state index is 0.0122. The van der Waals surface area contributed by atoms with Gasteiger partial charge in [-0.1, -0.05) is 12.1 Å². The fraction of sp³-hybridized carbons (Fsp3) is 0.167. The lowest BCUT2D eigenvalue weighted by Crippen LogP contribution is -2.33. The highest BCUT2D eigenvalue weighted by Gasteiger charge is 2.16. The molecule has 0 aliphatic rings. The zero-order valence-electron chi connectivity index (χ0n) is 14.0. The Bertz CT molecular complexity index is 948. The molecule has 2 aromatic heterocycles. The molecule has 0 bridgehead atoms. The zero-order chi connectivity index (χ0) is 18.6. The summed E-state index contributed by atoms with van der Waals surface area (Å²) in [7, 11) is -3.58. The van der Waals surface area contributed by atoms with Crippen molar-refractivity contribution in [2.75, 3.05) is 4.72 Å². The highest BCUT2D eigenvalue weighted by atomic mass is 32.2. The largest absolute Gasteiger partial charge is 0.349 e. The number of benzene rings is 1. The molecule has 1 aromatic carbocycles. The molecule has 26 heavy (non-hydrogen) atoms. The second-order valence-corrected chi connectivity index (χ2v) is 9.66. The molecule has 8 heteroatoms. The smallest absolute Gasteiger partial charge is 0.271 e. The molecule has 1 unspecified atom stereocenters. The van der Waals surface area contributed by atoms with Crippen LogP contribution < -0.4 is 10.0 Å². The third-order valence-electron chi connectivity index (χ3n) is 3.62. The molecule has 1 amide bonds. The van der Waals surface area contributed by atoms with Gasteiger partial charge in [-0.15, -0.1) is 22.7 Å². The summed E-state index contributed by atoms with van der Waals surface area (Å²) in [6, 6.07) is 13.7. The molecule has 5 nitrogen and oxygen atoms in total. The summed E-state index contributed by atoms with van der Waals surface area (Å²) in [6.45, 7) is 1.96. The summed E-state index contributed by atoms with van der Waals surface area (Å²) in [5, 5.41) is 6.68. The summed E-state index contributed by atoms with van der Waals surface area (Å²) in [5.74, 6) is -0.179. The Labute approximate surface area is 160 Å². The van der Waals surface area contributed by atoms with Crippen LogP contribution in [0.5, 0.6) is 0 Å². The molecule has 0 aliphatic carbocycles. The van der Waals surface area contributed by atoms with Crippen LogP contribution in [0.25, 0.3) is 0 Å². The standard InChI is InChI=1S/C18H18N2O3S3/c1-13(12-16-4-2-10-24-16)19-18(21)14-6-8-15(9-7-14)20-26(22,23)17-5-3-11-25-17/h2-11,13,20H,12H2,1H3,(H,19,21). The Morgan fingerprint density at radius 2 is 1.73 bits per heavy atom. The van der Waals surface area contributed by atoms with E-state index in [0.29, 0.717) is 11.3 Å². The first kappa shape index (κ1) is 18.6. The van der Waals surface area contributed by atoms with Crippen LogP contribution in [0.4, 0.5) is 5.69 Å². The molecule has 0 spiro atoms. The van der Waals surface area contributed by atoms with Crippen LogP contribution >= 0.6 is 22.7 Å². The second-order valence-electron chi connectivity index (χ2n) is 5.77. The van der Waals surface area contributed by atoms with Crippen LogP contribution in [0.15, 0.2) is 63.5 Å². The van der Waals surface area contributed by atoms with Gasteiger partial charge in [-0.05, 0) is 54.1 Å². The summed E-state index contributed by atoms with van der Waals surface area (Å²) in [4.78, 5) is 13.5. The predicted octanol–water partition coefficient (Wildman–Crippen LogP) is 3.97. The third-order valence-corrected chi connectivity index (χ3v) is 7.30. The molecule has 0 fully saturated rings. The maximum Gasteiger partial charge on any atom is 0.271 e. The van der Waals surface area contributed by atoms with Gasteiger partial charge < -0.3 is 5.32 Å². The molecule has 0 saturated carbocycles. The fourth-order valence-electron chi connectivity index (χ4n) is 2.40. The van der Waals surface area contributed by atoms with Gasteiger partial charge in [-0.25, -0.2) is 8.42 Å².